The lowest BCUT2D eigenvalue weighted by molar-refractivity contribution is -0.130. The van der Waals surface area contributed by atoms with Crippen molar-refractivity contribution in [2.75, 3.05) is 13.2 Å². The molecule has 1 fully saturated rings. The molecule has 1 aliphatic heterocycles. The Balaban J connectivity index is 2.50. The Labute approximate surface area is 125 Å². The number of nitrogens with one attached hydrogen (secondary N) is 2. The van der Waals surface area contributed by atoms with Crippen LogP contribution >= 0.6 is 0 Å². The predicted molar refractivity (Wildman–Crippen MR) is 77.4 cm³/mol. The van der Waals surface area contributed by atoms with E-state index in [9.17, 15) is 14.4 Å². The minimum atomic E-state index is -0.912. The number of rotatable bonds is 7. The molecule has 0 aliphatic carbocycles. The standard InChI is InChI=1S/C14H25N3O4/c1-9(2)10(6-8-18)15-11(19)5-7-17-12(20)14(3,4)16-13(17)21/h9-10,18H,5-8H2,1-4H3,(H,15,19)(H,16,21). The van der Waals surface area contributed by atoms with Gasteiger partial charge in [0.25, 0.3) is 5.91 Å². The normalized spacial score (nSPS) is 18.9. The Hall–Kier alpha value is -1.63. The van der Waals surface area contributed by atoms with E-state index in [1.54, 1.807) is 13.8 Å². The van der Waals surface area contributed by atoms with E-state index in [1.807, 2.05) is 13.8 Å². The number of carbonyl (C=O) groups is 3. The number of amides is 4. The SMILES string of the molecule is CC(C)C(CCO)NC(=O)CCN1C(=O)NC(C)(C)C1=O. The lowest BCUT2D eigenvalue weighted by Crippen LogP contribution is -2.42. The Bertz CT molecular complexity index is 420. The van der Waals surface area contributed by atoms with Gasteiger partial charge in [-0.25, -0.2) is 4.79 Å². The van der Waals surface area contributed by atoms with Crippen LogP contribution in [0, 0.1) is 5.92 Å². The highest BCUT2D eigenvalue weighted by Crippen LogP contribution is 2.16. The number of aliphatic hydroxyl groups excluding tert-OH is 1. The molecule has 1 atom stereocenters. The summed E-state index contributed by atoms with van der Waals surface area (Å²) in [6.07, 6.45) is 0.545. The molecule has 1 saturated heterocycles. The second kappa shape index (κ2) is 6.89. The van der Waals surface area contributed by atoms with E-state index in [-0.39, 0.29) is 43.3 Å². The molecule has 7 nitrogen and oxygen atoms in total. The molecule has 7 heteroatoms. The zero-order chi connectivity index (χ0) is 16.2. The summed E-state index contributed by atoms with van der Waals surface area (Å²) in [5.74, 6) is -0.347. The molecule has 0 spiro atoms. The van der Waals surface area contributed by atoms with E-state index in [0.717, 1.165) is 4.90 Å². The van der Waals surface area contributed by atoms with Crippen molar-refractivity contribution < 1.29 is 19.5 Å². The predicted octanol–water partition coefficient (Wildman–Crippen LogP) is 0.230. The minimum Gasteiger partial charge on any atom is -0.396 e. The van der Waals surface area contributed by atoms with Crippen molar-refractivity contribution in [3.63, 3.8) is 0 Å². The maximum atomic E-state index is 12.0. The molecule has 0 aromatic carbocycles. The fourth-order valence-corrected chi connectivity index (χ4v) is 2.22. The Morgan fingerprint density at radius 3 is 2.43 bits per heavy atom. The first kappa shape index (κ1) is 17.4. The Morgan fingerprint density at radius 2 is 2.00 bits per heavy atom. The van der Waals surface area contributed by atoms with Gasteiger partial charge in [-0.3, -0.25) is 14.5 Å². The van der Waals surface area contributed by atoms with Gasteiger partial charge in [0.15, 0.2) is 0 Å². The topological polar surface area (TPSA) is 98.7 Å². The molecule has 0 aromatic rings. The molecule has 1 heterocycles. The van der Waals surface area contributed by atoms with Crippen LogP contribution < -0.4 is 10.6 Å². The molecule has 1 unspecified atom stereocenters. The number of urea groups is 1. The number of hydrogen-bond acceptors (Lipinski definition) is 4. The van der Waals surface area contributed by atoms with Gasteiger partial charge in [-0.1, -0.05) is 13.8 Å². The highest BCUT2D eigenvalue weighted by atomic mass is 16.3. The third-order valence-electron chi connectivity index (χ3n) is 3.60. The van der Waals surface area contributed by atoms with E-state index in [0.29, 0.717) is 6.42 Å². The van der Waals surface area contributed by atoms with Crippen molar-refractivity contribution in [2.45, 2.75) is 52.1 Å². The van der Waals surface area contributed by atoms with Crippen LogP contribution in [0.2, 0.25) is 0 Å². The maximum Gasteiger partial charge on any atom is 0.325 e. The number of nitrogens with zero attached hydrogens (tertiary/aromatic N) is 1. The lowest BCUT2D eigenvalue weighted by Gasteiger charge is -2.22. The van der Waals surface area contributed by atoms with Crippen LogP contribution in [0.4, 0.5) is 4.79 Å². The number of carbonyl (C=O) groups excluding carboxylic acids is 3. The van der Waals surface area contributed by atoms with Crippen LogP contribution in [0.5, 0.6) is 0 Å². The van der Waals surface area contributed by atoms with Crippen molar-refractivity contribution in [3.8, 4) is 0 Å². The molecule has 1 aliphatic rings. The highest BCUT2D eigenvalue weighted by Gasteiger charge is 2.44. The summed E-state index contributed by atoms with van der Waals surface area (Å²) in [6.45, 7) is 7.24. The van der Waals surface area contributed by atoms with Crippen LogP contribution in [0.15, 0.2) is 0 Å². The van der Waals surface area contributed by atoms with E-state index in [1.165, 1.54) is 0 Å². The van der Waals surface area contributed by atoms with Gasteiger partial charge >= 0.3 is 6.03 Å². The maximum absolute atomic E-state index is 12.0. The van der Waals surface area contributed by atoms with E-state index < -0.39 is 11.6 Å². The van der Waals surface area contributed by atoms with Crippen LogP contribution in [-0.4, -0.2) is 52.6 Å². The van der Waals surface area contributed by atoms with Crippen molar-refractivity contribution >= 4 is 17.8 Å². The zero-order valence-corrected chi connectivity index (χ0v) is 13.1. The summed E-state index contributed by atoms with van der Waals surface area (Å²) >= 11 is 0. The van der Waals surface area contributed by atoms with Crippen LogP contribution in [-0.2, 0) is 9.59 Å². The first-order chi connectivity index (χ1) is 9.69. The Kier molecular flexibility index (Phi) is 5.71. The molecule has 3 N–H and O–H groups in total. The largest absolute Gasteiger partial charge is 0.396 e. The molecular formula is C14H25N3O4. The molecule has 4 amide bonds. The number of aliphatic hydroxyl groups is 1. The zero-order valence-electron chi connectivity index (χ0n) is 13.1. The van der Waals surface area contributed by atoms with Crippen LogP contribution in [0.25, 0.3) is 0 Å². The van der Waals surface area contributed by atoms with E-state index in [2.05, 4.69) is 10.6 Å². The molecule has 0 saturated carbocycles. The third kappa shape index (κ3) is 4.42. The summed E-state index contributed by atoms with van der Waals surface area (Å²) in [4.78, 5) is 36.6. The summed E-state index contributed by atoms with van der Waals surface area (Å²) in [7, 11) is 0. The summed E-state index contributed by atoms with van der Waals surface area (Å²) < 4.78 is 0. The highest BCUT2D eigenvalue weighted by molar-refractivity contribution is 6.06. The minimum absolute atomic E-state index is 0.00430. The third-order valence-corrected chi connectivity index (χ3v) is 3.60. The fraction of sp³-hybridized carbons (Fsp3) is 0.786. The van der Waals surface area contributed by atoms with Crippen LogP contribution in [0.1, 0.15) is 40.5 Å². The first-order valence-corrected chi connectivity index (χ1v) is 7.23. The van der Waals surface area contributed by atoms with Crippen molar-refractivity contribution in [2.24, 2.45) is 5.92 Å². The molecule has 120 valence electrons. The van der Waals surface area contributed by atoms with Gasteiger partial charge < -0.3 is 15.7 Å². The fourth-order valence-electron chi connectivity index (χ4n) is 2.22. The monoisotopic (exact) mass is 299 g/mol. The van der Waals surface area contributed by atoms with Gasteiger partial charge in [-0.2, -0.15) is 0 Å². The first-order valence-electron chi connectivity index (χ1n) is 7.23. The molecule has 0 aromatic heterocycles. The van der Waals surface area contributed by atoms with Crippen LogP contribution in [0.3, 0.4) is 0 Å². The number of imide groups is 1. The van der Waals surface area contributed by atoms with Gasteiger partial charge in [0.1, 0.15) is 5.54 Å². The smallest absolute Gasteiger partial charge is 0.325 e. The lowest BCUT2D eigenvalue weighted by atomic mass is 10.0. The molecule has 0 bridgehead atoms. The molecule has 0 radical (unpaired) electrons. The summed E-state index contributed by atoms with van der Waals surface area (Å²) in [6, 6.07) is -0.574. The second-order valence-corrected chi connectivity index (χ2v) is 6.19. The average molecular weight is 299 g/mol. The summed E-state index contributed by atoms with van der Waals surface area (Å²) in [5.41, 5.74) is -0.912. The van der Waals surface area contributed by atoms with Gasteiger partial charge in [0.2, 0.25) is 5.91 Å². The van der Waals surface area contributed by atoms with E-state index >= 15 is 0 Å². The van der Waals surface area contributed by atoms with Gasteiger partial charge in [0.05, 0.1) is 0 Å². The van der Waals surface area contributed by atoms with Gasteiger partial charge in [-0.15, -0.1) is 0 Å². The van der Waals surface area contributed by atoms with Crippen molar-refractivity contribution in [3.05, 3.63) is 0 Å². The Morgan fingerprint density at radius 1 is 1.38 bits per heavy atom. The van der Waals surface area contributed by atoms with Gasteiger partial charge in [-0.05, 0) is 26.2 Å². The summed E-state index contributed by atoms with van der Waals surface area (Å²) in [5, 5.41) is 14.4. The molecular weight excluding hydrogens is 274 g/mol. The van der Waals surface area contributed by atoms with Gasteiger partial charge in [0, 0.05) is 25.6 Å². The van der Waals surface area contributed by atoms with Crippen molar-refractivity contribution in [1.82, 2.24) is 15.5 Å². The molecule has 1 rings (SSSR count). The second-order valence-electron chi connectivity index (χ2n) is 6.19. The van der Waals surface area contributed by atoms with E-state index in [4.69, 9.17) is 5.11 Å². The quantitative estimate of drug-likeness (QED) is 0.586. The van der Waals surface area contributed by atoms with Crippen molar-refractivity contribution in [1.29, 1.82) is 0 Å². The number of hydrogen-bond donors (Lipinski definition) is 3. The molecule has 21 heavy (non-hydrogen) atoms. The average Bonchev–Trinajstić information content (AvgIpc) is 2.56.